The second kappa shape index (κ2) is 7.83. The summed E-state index contributed by atoms with van der Waals surface area (Å²) in [5.74, 6) is 1.12. The Hall–Kier alpha value is -2.82. The van der Waals surface area contributed by atoms with E-state index < -0.39 is 0 Å². The van der Waals surface area contributed by atoms with Crippen LogP contribution in [0.2, 0.25) is 0 Å². The van der Waals surface area contributed by atoms with Gasteiger partial charge >= 0.3 is 0 Å². The van der Waals surface area contributed by atoms with Gasteiger partial charge < -0.3 is 15.4 Å². The van der Waals surface area contributed by atoms with Gasteiger partial charge in [0.1, 0.15) is 11.5 Å². The van der Waals surface area contributed by atoms with E-state index in [9.17, 15) is 9.59 Å². The number of benzene rings is 2. The molecule has 2 N–H and O–H groups in total. The summed E-state index contributed by atoms with van der Waals surface area (Å²) in [6.07, 6.45) is 0.950. The van der Waals surface area contributed by atoms with Crippen LogP contribution in [0.3, 0.4) is 0 Å². The first-order valence-electron chi connectivity index (χ1n) is 8.48. The molecule has 5 nitrogen and oxygen atoms in total. The van der Waals surface area contributed by atoms with Crippen molar-refractivity contribution in [1.29, 1.82) is 0 Å². The number of carbonyl (C=O) groups excluding carboxylic acids is 2. The SMILES string of the molecule is Cc1cccc(Oc2ccccc2CNC(=O)CC2CCNC2=O)c1. The number of para-hydroxylation sites is 1. The van der Waals surface area contributed by atoms with E-state index >= 15 is 0 Å². The van der Waals surface area contributed by atoms with Crippen molar-refractivity contribution in [3.05, 3.63) is 59.7 Å². The summed E-state index contributed by atoms with van der Waals surface area (Å²) in [4.78, 5) is 23.7. The second-order valence-corrected chi connectivity index (χ2v) is 6.28. The number of carbonyl (C=O) groups is 2. The minimum Gasteiger partial charge on any atom is -0.457 e. The number of aryl methyl sites for hydroxylation is 1. The Balaban J connectivity index is 1.61. The third-order valence-electron chi connectivity index (χ3n) is 4.26. The third-order valence-corrected chi connectivity index (χ3v) is 4.26. The Kier molecular flexibility index (Phi) is 5.33. The van der Waals surface area contributed by atoms with Gasteiger partial charge in [0.25, 0.3) is 0 Å². The Morgan fingerprint density at radius 1 is 1.24 bits per heavy atom. The molecule has 0 spiro atoms. The average Bonchev–Trinajstić information content (AvgIpc) is 2.99. The van der Waals surface area contributed by atoms with Crippen LogP contribution in [0.1, 0.15) is 24.0 Å². The van der Waals surface area contributed by atoms with Gasteiger partial charge in [-0.2, -0.15) is 0 Å². The van der Waals surface area contributed by atoms with Crippen molar-refractivity contribution in [1.82, 2.24) is 10.6 Å². The molecule has 5 heteroatoms. The zero-order chi connectivity index (χ0) is 17.6. The highest BCUT2D eigenvalue weighted by molar-refractivity contribution is 5.87. The molecule has 0 bridgehead atoms. The molecule has 1 atom stereocenters. The van der Waals surface area contributed by atoms with Crippen LogP contribution in [0.15, 0.2) is 48.5 Å². The van der Waals surface area contributed by atoms with Gasteiger partial charge in [-0.1, -0.05) is 30.3 Å². The van der Waals surface area contributed by atoms with E-state index in [1.54, 1.807) is 0 Å². The number of hydrogen-bond acceptors (Lipinski definition) is 3. The highest BCUT2D eigenvalue weighted by Gasteiger charge is 2.26. The normalized spacial score (nSPS) is 16.4. The summed E-state index contributed by atoms with van der Waals surface area (Å²) in [7, 11) is 0. The fraction of sp³-hybridized carbons (Fsp3) is 0.300. The van der Waals surface area contributed by atoms with Crippen LogP contribution in [0.4, 0.5) is 0 Å². The predicted octanol–water partition coefficient (Wildman–Crippen LogP) is 2.93. The summed E-state index contributed by atoms with van der Waals surface area (Å²) >= 11 is 0. The van der Waals surface area contributed by atoms with Crippen molar-refractivity contribution in [2.45, 2.75) is 26.3 Å². The van der Waals surface area contributed by atoms with E-state index in [0.29, 0.717) is 18.8 Å². The summed E-state index contributed by atoms with van der Waals surface area (Å²) in [6, 6.07) is 15.4. The van der Waals surface area contributed by atoms with Crippen LogP contribution in [-0.4, -0.2) is 18.4 Å². The van der Waals surface area contributed by atoms with E-state index in [4.69, 9.17) is 4.74 Å². The zero-order valence-electron chi connectivity index (χ0n) is 14.2. The number of nitrogens with one attached hydrogen (secondary N) is 2. The van der Waals surface area contributed by atoms with Crippen molar-refractivity contribution in [2.24, 2.45) is 5.92 Å². The molecule has 0 aliphatic carbocycles. The Morgan fingerprint density at radius 3 is 2.84 bits per heavy atom. The molecule has 0 saturated carbocycles. The fourth-order valence-electron chi connectivity index (χ4n) is 2.88. The molecule has 1 fully saturated rings. The maximum Gasteiger partial charge on any atom is 0.223 e. The molecule has 130 valence electrons. The maximum absolute atomic E-state index is 12.1. The van der Waals surface area contributed by atoms with Crippen LogP contribution in [0, 0.1) is 12.8 Å². The first-order valence-corrected chi connectivity index (χ1v) is 8.48. The average molecular weight is 338 g/mol. The molecule has 1 aliphatic rings. The van der Waals surface area contributed by atoms with E-state index in [1.807, 2.05) is 55.5 Å². The summed E-state index contributed by atoms with van der Waals surface area (Å²) in [5.41, 5.74) is 2.02. The van der Waals surface area contributed by atoms with Crippen LogP contribution in [0.25, 0.3) is 0 Å². The van der Waals surface area contributed by atoms with Gasteiger partial charge in [-0.25, -0.2) is 0 Å². The first-order chi connectivity index (χ1) is 12.1. The van der Waals surface area contributed by atoms with Gasteiger partial charge in [0.05, 0.1) is 0 Å². The molecule has 1 saturated heterocycles. The van der Waals surface area contributed by atoms with Crippen LogP contribution >= 0.6 is 0 Å². The van der Waals surface area contributed by atoms with Crippen molar-refractivity contribution < 1.29 is 14.3 Å². The quantitative estimate of drug-likeness (QED) is 0.851. The molecule has 25 heavy (non-hydrogen) atoms. The van der Waals surface area contributed by atoms with Gasteiger partial charge in [-0.05, 0) is 37.1 Å². The Morgan fingerprint density at radius 2 is 2.08 bits per heavy atom. The molecule has 2 aromatic carbocycles. The van der Waals surface area contributed by atoms with E-state index in [-0.39, 0.29) is 24.2 Å². The molecular weight excluding hydrogens is 316 g/mol. The standard InChI is InChI=1S/C20H22N2O3/c1-14-5-4-7-17(11-14)25-18-8-3-2-6-16(18)13-22-19(23)12-15-9-10-21-20(15)24/h2-8,11,15H,9-10,12-13H2,1H3,(H,21,24)(H,22,23). The van der Waals surface area contributed by atoms with E-state index in [1.165, 1.54) is 0 Å². The van der Waals surface area contributed by atoms with Gasteiger partial charge in [-0.3, -0.25) is 9.59 Å². The zero-order valence-corrected chi connectivity index (χ0v) is 14.2. The number of rotatable bonds is 6. The minimum atomic E-state index is -0.209. The summed E-state index contributed by atoms with van der Waals surface area (Å²) in [6.45, 7) is 3.04. The van der Waals surface area contributed by atoms with Crippen molar-refractivity contribution in [3.63, 3.8) is 0 Å². The largest absolute Gasteiger partial charge is 0.457 e. The molecule has 1 heterocycles. The Bertz CT molecular complexity index is 773. The van der Waals surface area contributed by atoms with Crippen molar-refractivity contribution in [3.8, 4) is 11.5 Å². The van der Waals surface area contributed by atoms with Crippen LogP contribution in [-0.2, 0) is 16.1 Å². The smallest absolute Gasteiger partial charge is 0.223 e. The molecule has 1 unspecified atom stereocenters. The van der Waals surface area contributed by atoms with Gasteiger partial charge in [-0.15, -0.1) is 0 Å². The van der Waals surface area contributed by atoms with Crippen molar-refractivity contribution in [2.75, 3.05) is 6.54 Å². The molecule has 3 rings (SSSR count). The van der Waals surface area contributed by atoms with Gasteiger partial charge in [0.15, 0.2) is 0 Å². The molecule has 0 radical (unpaired) electrons. The van der Waals surface area contributed by atoms with Crippen molar-refractivity contribution >= 4 is 11.8 Å². The lowest BCUT2D eigenvalue weighted by molar-refractivity contribution is -0.128. The molecule has 2 aromatic rings. The summed E-state index contributed by atoms with van der Waals surface area (Å²) in [5, 5.41) is 5.64. The van der Waals surface area contributed by atoms with Gasteiger partial charge in [0.2, 0.25) is 11.8 Å². The lowest BCUT2D eigenvalue weighted by Crippen LogP contribution is -2.28. The minimum absolute atomic E-state index is 0.0293. The lowest BCUT2D eigenvalue weighted by Gasteiger charge is -2.13. The fourth-order valence-corrected chi connectivity index (χ4v) is 2.88. The highest BCUT2D eigenvalue weighted by Crippen LogP contribution is 2.26. The molecule has 2 amide bonds. The molecule has 0 aromatic heterocycles. The third kappa shape index (κ3) is 4.59. The Labute approximate surface area is 147 Å². The summed E-state index contributed by atoms with van der Waals surface area (Å²) < 4.78 is 5.96. The second-order valence-electron chi connectivity index (χ2n) is 6.28. The maximum atomic E-state index is 12.1. The first kappa shape index (κ1) is 17.0. The lowest BCUT2D eigenvalue weighted by atomic mass is 10.0. The van der Waals surface area contributed by atoms with E-state index in [0.717, 1.165) is 23.3 Å². The molecule has 1 aliphatic heterocycles. The van der Waals surface area contributed by atoms with Crippen LogP contribution in [0.5, 0.6) is 11.5 Å². The monoisotopic (exact) mass is 338 g/mol. The number of amides is 2. The topological polar surface area (TPSA) is 67.4 Å². The highest BCUT2D eigenvalue weighted by atomic mass is 16.5. The van der Waals surface area contributed by atoms with E-state index in [2.05, 4.69) is 10.6 Å². The predicted molar refractivity (Wildman–Crippen MR) is 95.3 cm³/mol. The number of hydrogen-bond donors (Lipinski definition) is 2. The van der Waals surface area contributed by atoms with Crippen LogP contribution < -0.4 is 15.4 Å². The number of ether oxygens (including phenoxy) is 1. The van der Waals surface area contributed by atoms with Gasteiger partial charge in [0, 0.05) is 31.0 Å². The molecular formula is C20H22N2O3.